The number of carbonyl (C=O) groups excluding carboxylic acids is 4. The number of rotatable bonds is 4. The zero-order valence-electron chi connectivity index (χ0n) is 18.0. The SMILES string of the molecule is CO[C@@H]1[C@@H](O)[C@@H](CC=O)C[C@@H](C)C(=O)/C=C/C=C/C[C@@H](C)OC(=O)C[C@H]1OC(C)=O. The van der Waals surface area contributed by atoms with E-state index < -0.39 is 48.2 Å². The molecule has 0 unspecified atom stereocenters. The van der Waals surface area contributed by atoms with Crippen LogP contribution in [-0.2, 0) is 33.4 Å². The summed E-state index contributed by atoms with van der Waals surface area (Å²) in [6, 6.07) is 0. The van der Waals surface area contributed by atoms with E-state index >= 15 is 0 Å². The second-order valence-corrected chi connectivity index (χ2v) is 7.57. The Labute approximate surface area is 177 Å². The maximum absolute atomic E-state index is 12.4. The second kappa shape index (κ2) is 13.1. The normalized spacial score (nSPS) is 33.9. The van der Waals surface area contributed by atoms with Gasteiger partial charge in [0.1, 0.15) is 24.6 Å². The highest BCUT2D eigenvalue weighted by atomic mass is 16.6. The molecule has 1 heterocycles. The van der Waals surface area contributed by atoms with Crippen molar-refractivity contribution in [3.63, 3.8) is 0 Å². The third kappa shape index (κ3) is 8.59. The van der Waals surface area contributed by atoms with Crippen LogP contribution in [0.3, 0.4) is 0 Å². The number of hydrogen-bond acceptors (Lipinski definition) is 8. The first-order valence-corrected chi connectivity index (χ1v) is 10.1. The Bertz CT molecular complexity index is 654. The summed E-state index contributed by atoms with van der Waals surface area (Å²) in [7, 11) is 1.32. The van der Waals surface area contributed by atoms with Crippen LogP contribution in [0.2, 0.25) is 0 Å². The monoisotopic (exact) mass is 424 g/mol. The largest absolute Gasteiger partial charge is 0.462 e. The van der Waals surface area contributed by atoms with Crippen molar-refractivity contribution in [1.82, 2.24) is 0 Å². The van der Waals surface area contributed by atoms with Gasteiger partial charge in [0.25, 0.3) is 0 Å². The van der Waals surface area contributed by atoms with Gasteiger partial charge in [-0.3, -0.25) is 14.4 Å². The quantitative estimate of drug-likeness (QED) is 0.538. The van der Waals surface area contributed by atoms with E-state index in [1.54, 1.807) is 32.1 Å². The molecule has 0 aromatic carbocycles. The molecule has 0 aromatic rings. The molecule has 1 aliphatic heterocycles. The van der Waals surface area contributed by atoms with E-state index in [0.717, 1.165) is 0 Å². The van der Waals surface area contributed by atoms with Crippen molar-refractivity contribution in [3.8, 4) is 0 Å². The summed E-state index contributed by atoms with van der Waals surface area (Å²) in [5.74, 6) is -2.46. The van der Waals surface area contributed by atoms with Gasteiger partial charge in [0.2, 0.25) is 0 Å². The first-order chi connectivity index (χ1) is 14.2. The van der Waals surface area contributed by atoms with Gasteiger partial charge >= 0.3 is 11.9 Å². The summed E-state index contributed by atoms with van der Waals surface area (Å²) in [5, 5.41) is 10.9. The number of methoxy groups -OCH3 is 1. The Morgan fingerprint density at radius 1 is 1.30 bits per heavy atom. The minimum Gasteiger partial charge on any atom is -0.462 e. The Hall–Kier alpha value is -2.32. The molecule has 0 saturated heterocycles. The lowest BCUT2D eigenvalue weighted by Gasteiger charge is -2.33. The number of ether oxygens (including phenoxy) is 3. The molecule has 0 fully saturated rings. The van der Waals surface area contributed by atoms with E-state index in [1.165, 1.54) is 20.1 Å². The summed E-state index contributed by atoms with van der Waals surface area (Å²) < 4.78 is 16.0. The van der Waals surface area contributed by atoms with Gasteiger partial charge in [0, 0.05) is 32.8 Å². The van der Waals surface area contributed by atoms with Gasteiger partial charge in [0.15, 0.2) is 5.78 Å². The third-order valence-corrected chi connectivity index (χ3v) is 4.99. The lowest BCUT2D eigenvalue weighted by atomic mass is 9.83. The van der Waals surface area contributed by atoms with E-state index in [4.69, 9.17) is 14.2 Å². The third-order valence-electron chi connectivity index (χ3n) is 4.99. The van der Waals surface area contributed by atoms with Gasteiger partial charge < -0.3 is 24.1 Å². The summed E-state index contributed by atoms with van der Waals surface area (Å²) in [5.41, 5.74) is 0. The molecule has 1 rings (SSSR count). The number of allylic oxidation sites excluding steroid dienone is 3. The molecule has 0 bridgehead atoms. The molecule has 30 heavy (non-hydrogen) atoms. The Morgan fingerprint density at radius 3 is 2.60 bits per heavy atom. The zero-order valence-corrected chi connectivity index (χ0v) is 18.0. The van der Waals surface area contributed by atoms with Crippen LogP contribution in [0.4, 0.5) is 0 Å². The summed E-state index contributed by atoms with van der Waals surface area (Å²) in [6.07, 6.45) is 3.64. The molecule has 0 aromatic heterocycles. The van der Waals surface area contributed by atoms with Crippen molar-refractivity contribution < 1.29 is 38.5 Å². The van der Waals surface area contributed by atoms with E-state index in [-0.39, 0.29) is 25.0 Å². The molecule has 168 valence electrons. The number of esters is 2. The van der Waals surface area contributed by atoms with E-state index in [9.17, 15) is 24.3 Å². The smallest absolute Gasteiger partial charge is 0.309 e. The summed E-state index contributed by atoms with van der Waals surface area (Å²) in [4.78, 5) is 47.5. The lowest BCUT2D eigenvalue weighted by Crippen LogP contribution is -2.46. The molecule has 8 nitrogen and oxygen atoms in total. The average molecular weight is 424 g/mol. The number of aldehydes is 1. The van der Waals surface area contributed by atoms with Crippen molar-refractivity contribution in [2.75, 3.05) is 7.11 Å². The highest BCUT2D eigenvalue weighted by Crippen LogP contribution is 2.26. The molecule has 0 radical (unpaired) electrons. The van der Waals surface area contributed by atoms with Crippen LogP contribution in [0.5, 0.6) is 0 Å². The summed E-state index contributed by atoms with van der Waals surface area (Å²) in [6.45, 7) is 4.62. The molecule has 0 spiro atoms. The Balaban J connectivity index is 3.26. The van der Waals surface area contributed by atoms with Gasteiger partial charge in [-0.1, -0.05) is 25.2 Å². The predicted octanol–water partition coefficient (Wildman–Crippen LogP) is 1.93. The zero-order chi connectivity index (χ0) is 22.7. The highest BCUT2D eigenvalue weighted by molar-refractivity contribution is 5.91. The maximum Gasteiger partial charge on any atom is 0.309 e. The molecule has 1 N–H and O–H groups in total. The van der Waals surface area contributed by atoms with Gasteiger partial charge in [-0.2, -0.15) is 0 Å². The van der Waals surface area contributed by atoms with Crippen LogP contribution in [-0.4, -0.2) is 60.6 Å². The molecule has 6 atom stereocenters. The van der Waals surface area contributed by atoms with Crippen molar-refractivity contribution in [2.45, 2.75) is 70.9 Å². The van der Waals surface area contributed by atoms with E-state index in [1.807, 2.05) is 0 Å². The van der Waals surface area contributed by atoms with Crippen molar-refractivity contribution in [1.29, 1.82) is 0 Å². The Morgan fingerprint density at radius 2 is 2.00 bits per heavy atom. The van der Waals surface area contributed by atoms with E-state index in [2.05, 4.69) is 0 Å². The maximum atomic E-state index is 12.4. The lowest BCUT2D eigenvalue weighted by molar-refractivity contribution is -0.171. The van der Waals surface area contributed by atoms with Gasteiger partial charge in [-0.25, -0.2) is 0 Å². The molecule has 0 aliphatic carbocycles. The first kappa shape index (κ1) is 25.7. The molecule has 0 saturated carbocycles. The fourth-order valence-electron chi connectivity index (χ4n) is 3.43. The fraction of sp³-hybridized carbons (Fsp3) is 0.636. The minimum atomic E-state index is -1.25. The topological polar surface area (TPSA) is 116 Å². The van der Waals surface area contributed by atoms with Gasteiger partial charge in [-0.05, 0) is 25.3 Å². The number of cyclic esters (lactones) is 1. The number of ketones is 1. The van der Waals surface area contributed by atoms with Crippen molar-refractivity contribution in [2.24, 2.45) is 11.8 Å². The van der Waals surface area contributed by atoms with E-state index in [0.29, 0.717) is 12.7 Å². The van der Waals surface area contributed by atoms with Crippen LogP contribution >= 0.6 is 0 Å². The highest BCUT2D eigenvalue weighted by Gasteiger charge is 2.38. The van der Waals surface area contributed by atoms with Crippen LogP contribution in [0.25, 0.3) is 0 Å². The molecular weight excluding hydrogens is 392 g/mol. The van der Waals surface area contributed by atoms with Gasteiger partial charge in [0.05, 0.1) is 12.5 Å². The minimum absolute atomic E-state index is 0.0173. The second-order valence-electron chi connectivity index (χ2n) is 7.57. The number of hydrogen-bond donors (Lipinski definition) is 1. The van der Waals surface area contributed by atoms with Gasteiger partial charge in [-0.15, -0.1) is 0 Å². The number of aliphatic hydroxyl groups is 1. The Kier molecular flexibility index (Phi) is 11.2. The van der Waals surface area contributed by atoms with Crippen molar-refractivity contribution >= 4 is 24.0 Å². The van der Waals surface area contributed by atoms with Crippen LogP contribution in [0, 0.1) is 11.8 Å². The predicted molar refractivity (Wildman–Crippen MR) is 108 cm³/mol. The summed E-state index contributed by atoms with van der Waals surface area (Å²) >= 11 is 0. The molecular formula is C22H32O8. The van der Waals surface area contributed by atoms with Crippen molar-refractivity contribution in [3.05, 3.63) is 24.3 Å². The van der Waals surface area contributed by atoms with Crippen LogP contribution in [0.1, 0.15) is 46.5 Å². The fourth-order valence-corrected chi connectivity index (χ4v) is 3.43. The number of aliphatic hydroxyl groups excluding tert-OH is 1. The number of carbonyl (C=O) groups is 4. The van der Waals surface area contributed by atoms with Crippen LogP contribution in [0.15, 0.2) is 24.3 Å². The molecule has 8 heteroatoms. The van der Waals surface area contributed by atoms with Crippen LogP contribution < -0.4 is 0 Å². The molecule has 1 aliphatic rings. The molecule has 0 amide bonds. The first-order valence-electron chi connectivity index (χ1n) is 10.1. The average Bonchev–Trinajstić information content (AvgIpc) is 2.66. The standard InChI is InChI=1S/C22H32O8/c1-14-12-17(10-11-23)21(27)22(28-4)19(30-16(3)24)13-20(26)29-15(2)8-6-5-7-9-18(14)25/h5-7,9,11,14-15,17,19,21-22,27H,8,10,12-13H2,1-4H3/b6-5+,9-7+/t14-,15-,17+,19-,21+,22+/m1/s1.